The number of nitrogens with zero attached hydrogens (tertiary/aromatic N) is 4. The monoisotopic (exact) mass is 253 g/mol. The first-order chi connectivity index (χ1) is 8.66. The van der Waals surface area contributed by atoms with E-state index in [1.54, 1.807) is 6.92 Å². The van der Waals surface area contributed by atoms with Gasteiger partial charge in [0.05, 0.1) is 6.54 Å². The van der Waals surface area contributed by atoms with Crippen LogP contribution in [0.3, 0.4) is 0 Å². The molecule has 0 aromatic heterocycles. The molecule has 2 heterocycles. The first-order valence-electron chi connectivity index (χ1n) is 6.64. The molecule has 0 aromatic rings. The standard InChI is InChI=1S/C12H23N5O/c1-11(18)17-9-7-16(8-10-17)6-4-14-12-13-3-5-15(12)2/h3-10H2,1-2H3,(H,13,14). The lowest BCUT2D eigenvalue weighted by Crippen LogP contribution is -2.50. The molecule has 2 rings (SSSR count). The van der Waals surface area contributed by atoms with Crippen LogP contribution in [0.1, 0.15) is 6.92 Å². The smallest absolute Gasteiger partial charge is 0.219 e. The molecule has 1 N–H and O–H groups in total. The fourth-order valence-corrected chi connectivity index (χ4v) is 2.34. The number of nitrogens with one attached hydrogen (secondary N) is 1. The predicted octanol–water partition coefficient (Wildman–Crippen LogP) is -0.958. The number of guanidine groups is 1. The number of aliphatic imine (C=N–C) groups is 1. The molecule has 6 nitrogen and oxygen atoms in total. The highest BCUT2D eigenvalue weighted by molar-refractivity contribution is 5.81. The van der Waals surface area contributed by atoms with Crippen LogP contribution in [0.25, 0.3) is 0 Å². The quantitative estimate of drug-likeness (QED) is 0.704. The summed E-state index contributed by atoms with van der Waals surface area (Å²) in [6, 6.07) is 0. The average Bonchev–Trinajstić information content (AvgIpc) is 2.76. The molecule has 6 heteroatoms. The van der Waals surface area contributed by atoms with Gasteiger partial charge < -0.3 is 15.1 Å². The van der Waals surface area contributed by atoms with Crippen LogP contribution in [0, 0.1) is 0 Å². The lowest BCUT2D eigenvalue weighted by atomic mass is 10.3. The summed E-state index contributed by atoms with van der Waals surface area (Å²) in [6.45, 7) is 9.16. The highest BCUT2D eigenvalue weighted by Gasteiger charge is 2.18. The van der Waals surface area contributed by atoms with E-state index in [2.05, 4.69) is 27.2 Å². The molecule has 0 aliphatic carbocycles. The fourth-order valence-electron chi connectivity index (χ4n) is 2.34. The molecular formula is C12H23N5O. The van der Waals surface area contributed by atoms with Crippen molar-refractivity contribution < 1.29 is 4.79 Å². The van der Waals surface area contributed by atoms with Crippen LogP contribution in [0.4, 0.5) is 0 Å². The fraction of sp³-hybridized carbons (Fsp3) is 0.833. The van der Waals surface area contributed by atoms with E-state index in [0.717, 1.165) is 58.3 Å². The van der Waals surface area contributed by atoms with Crippen LogP contribution in [0.15, 0.2) is 4.99 Å². The SMILES string of the molecule is CC(=O)N1CCN(CCNC2=NCCN2C)CC1. The first-order valence-corrected chi connectivity index (χ1v) is 6.64. The maximum atomic E-state index is 11.2. The van der Waals surface area contributed by atoms with E-state index >= 15 is 0 Å². The predicted molar refractivity (Wildman–Crippen MR) is 71.6 cm³/mol. The molecule has 0 unspecified atom stereocenters. The molecule has 1 fully saturated rings. The highest BCUT2D eigenvalue weighted by Crippen LogP contribution is 2.01. The number of piperazine rings is 1. The van der Waals surface area contributed by atoms with Crippen molar-refractivity contribution in [2.24, 2.45) is 4.99 Å². The summed E-state index contributed by atoms with van der Waals surface area (Å²) < 4.78 is 0. The molecule has 1 saturated heterocycles. The maximum Gasteiger partial charge on any atom is 0.219 e. The second-order valence-corrected chi connectivity index (χ2v) is 4.90. The Hall–Kier alpha value is -1.30. The zero-order valence-electron chi connectivity index (χ0n) is 11.4. The molecule has 0 bridgehead atoms. The van der Waals surface area contributed by atoms with Gasteiger partial charge in [-0.2, -0.15) is 0 Å². The van der Waals surface area contributed by atoms with Crippen molar-refractivity contribution in [1.29, 1.82) is 0 Å². The molecule has 18 heavy (non-hydrogen) atoms. The molecule has 2 aliphatic heterocycles. The molecule has 1 amide bonds. The van der Waals surface area contributed by atoms with E-state index in [4.69, 9.17) is 0 Å². The second-order valence-electron chi connectivity index (χ2n) is 4.90. The summed E-state index contributed by atoms with van der Waals surface area (Å²) in [5, 5.41) is 3.37. The van der Waals surface area contributed by atoms with Crippen LogP contribution in [-0.2, 0) is 4.79 Å². The molecule has 0 spiro atoms. The summed E-state index contributed by atoms with van der Waals surface area (Å²) in [7, 11) is 2.06. The van der Waals surface area contributed by atoms with Gasteiger partial charge in [-0.25, -0.2) is 0 Å². The summed E-state index contributed by atoms with van der Waals surface area (Å²) in [5.41, 5.74) is 0. The first kappa shape index (κ1) is 13.1. The van der Waals surface area contributed by atoms with Crippen molar-refractivity contribution in [3.8, 4) is 0 Å². The summed E-state index contributed by atoms with van der Waals surface area (Å²) in [4.78, 5) is 22.1. The molecule has 0 saturated carbocycles. The van der Waals surface area contributed by atoms with E-state index in [9.17, 15) is 4.79 Å². The van der Waals surface area contributed by atoms with Gasteiger partial charge in [-0.3, -0.25) is 14.7 Å². The third kappa shape index (κ3) is 3.35. The van der Waals surface area contributed by atoms with Crippen LogP contribution >= 0.6 is 0 Å². The summed E-state index contributed by atoms with van der Waals surface area (Å²) in [5.74, 6) is 1.20. The van der Waals surface area contributed by atoms with Gasteiger partial charge in [0.25, 0.3) is 0 Å². The van der Waals surface area contributed by atoms with E-state index in [1.807, 2.05) is 4.90 Å². The minimum absolute atomic E-state index is 0.190. The number of amides is 1. The number of rotatable bonds is 3. The molecule has 102 valence electrons. The Bertz CT molecular complexity index is 322. The summed E-state index contributed by atoms with van der Waals surface area (Å²) in [6.07, 6.45) is 0. The van der Waals surface area contributed by atoms with Gasteiger partial charge in [0.2, 0.25) is 5.91 Å². The van der Waals surface area contributed by atoms with Crippen molar-refractivity contribution in [3.05, 3.63) is 0 Å². The van der Waals surface area contributed by atoms with E-state index < -0.39 is 0 Å². The van der Waals surface area contributed by atoms with Crippen molar-refractivity contribution in [3.63, 3.8) is 0 Å². The van der Waals surface area contributed by atoms with Gasteiger partial charge in [-0.05, 0) is 0 Å². The van der Waals surface area contributed by atoms with Gasteiger partial charge in [0, 0.05) is 59.8 Å². The van der Waals surface area contributed by atoms with Crippen LogP contribution < -0.4 is 5.32 Å². The lowest BCUT2D eigenvalue weighted by molar-refractivity contribution is -0.130. The zero-order chi connectivity index (χ0) is 13.0. The zero-order valence-corrected chi connectivity index (χ0v) is 11.4. The third-order valence-electron chi connectivity index (χ3n) is 3.59. The molecule has 0 aromatic carbocycles. The molecule has 0 atom stereocenters. The lowest BCUT2D eigenvalue weighted by Gasteiger charge is -2.34. The highest BCUT2D eigenvalue weighted by atomic mass is 16.2. The number of carbonyl (C=O) groups excluding carboxylic acids is 1. The Balaban J connectivity index is 1.62. The average molecular weight is 253 g/mol. The van der Waals surface area contributed by atoms with Gasteiger partial charge >= 0.3 is 0 Å². The van der Waals surface area contributed by atoms with Crippen molar-refractivity contribution in [1.82, 2.24) is 20.0 Å². The number of hydrogen-bond donors (Lipinski definition) is 1. The Morgan fingerprint density at radius 3 is 2.56 bits per heavy atom. The van der Waals surface area contributed by atoms with E-state index in [-0.39, 0.29) is 5.91 Å². The minimum atomic E-state index is 0.190. The van der Waals surface area contributed by atoms with Crippen LogP contribution in [-0.4, -0.2) is 86.0 Å². The number of carbonyl (C=O) groups is 1. The maximum absolute atomic E-state index is 11.2. The topological polar surface area (TPSA) is 51.2 Å². The molecule has 2 aliphatic rings. The molecule has 0 radical (unpaired) electrons. The van der Waals surface area contributed by atoms with Crippen LogP contribution in [0.2, 0.25) is 0 Å². The number of hydrogen-bond acceptors (Lipinski definition) is 5. The van der Waals surface area contributed by atoms with Crippen molar-refractivity contribution in [2.45, 2.75) is 6.92 Å². The van der Waals surface area contributed by atoms with Gasteiger partial charge in [0.15, 0.2) is 5.96 Å². The van der Waals surface area contributed by atoms with E-state index in [0.29, 0.717) is 0 Å². The van der Waals surface area contributed by atoms with Gasteiger partial charge in [-0.15, -0.1) is 0 Å². The normalized spacial score (nSPS) is 21.1. The van der Waals surface area contributed by atoms with Crippen molar-refractivity contribution >= 4 is 11.9 Å². The van der Waals surface area contributed by atoms with E-state index in [1.165, 1.54) is 0 Å². The Labute approximate surface area is 109 Å². The minimum Gasteiger partial charge on any atom is -0.355 e. The Morgan fingerprint density at radius 2 is 2.00 bits per heavy atom. The summed E-state index contributed by atoms with van der Waals surface area (Å²) >= 11 is 0. The van der Waals surface area contributed by atoms with Crippen LogP contribution in [0.5, 0.6) is 0 Å². The third-order valence-corrected chi connectivity index (χ3v) is 3.59. The number of likely N-dealkylation sites (N-methyl/N-ethyl adjacent to an activating group) is 1. The van der Waals surface area contributed by atoms with Gasteiger partial charge in [0.1, 0.15) is 0 Å². The Kier molecular flexibility index (Phi) is 4.41. The second kappa shape index (κ2) is 6.04. The Morgan fingerprint density at radius 1 is 1.28 bits per heavy atom. The largest absolute Gasteiger partial charge is 0.355 e. The van der Waals surface area contributed by atoms with Crippen molar-refractivity contribution in [2.75, 3.05) is 59.4 Å². The molecular weight excluding hydrogens is 230 g/mol. The van der Waals surface area contributed by atoms with Gasteiger partial charge in [-0.1, -0.05) is 0 Å².